The minimum atomic E-state index is -0.322. The SMILES string of the molecule is COc1ccccc1CNC(=O)C(C)Sc1nc2ncccn2n1. The van der Waals surface area contributed by atoms with Crippen molar-refractivity contribution < 1.29 is 9.53 Å². The van der Waals surface area contributed by atoms with Gasteiger partial charge < -0.3 is 10.1 Å². The molecule has 1 amide bonds. The first-order valence-corrected chi connectivity index (χ1v) is 8.29. The van der Waals surface area contributed by atoms with Gasteiger partial charge in [0.1, 0.15) is 5.75 Å². The highest BCUT2D eigenvalue weighted by Crippen LogP contribution is 2.21. The molecule has 0 aliphatic rings. The van der Waals surface area contributed by atoms with Crippen LogP contribution in [-0.4, -0.2) is 37.8 Å². The molecule has 0 spiro atoms. The topological polar surface area (TPSA) is 81.4 Å². The number of amides is 1. The first-order valence-electron chi connectivity index (χ1n) is 7.41. The quantitative estimate of drug-likeness (QED) is 0.689. The summed E-state index contributed by atoms with van der Waals surface area (Å²) in [5.74, 6) is 1.19. The fraction of sp³-hybridized carbons (Fsp3) is 0.250. The van der Waals surface area contributed by atoms with E-state index in [2.05, 4.69) is 20.4 Å². The summed E-state index contributed by atoms with van der Waals surface area (Å²) < 4.78 is 6.87. The van der Waals surface area contributed by atoms with Crippen LogP contribution in [0.1, 0.15) is 12.5 Å². The fourth-order valence-electron chi connectivity index (χ4n) is 2.15. The second-order valence-corrected chi connectivity index (χ2v) is 6.36. The molecule has 3 aromatic rings. The molecule has 2 heterocycles. The predicted molar refractivity (Wildman–Crippen MR) is 90.9 cm³/mol. The number of hydrogen-bond donors (Lipinski definition) is 1. The number of thioether (sulfide) groups is 1. The molecule has 7 nitrogen and oxygen atoms in total. The zero-order valence-electron chi connectivity index (χ0n) is 13.3. The van der Waals surface area contributed by atoms with Crippen LogP contribution in [0.2, 0.25) is 0 Å². The van der Waals surface area contributed by atoms with Crippen LogP contribution < -0.4 is 10.1 Å². The maximum absolute atomic E-state index is 12.3. The van der Waals surface area contributed by atoms with Gasteiger partial charge in [0.25, 0.3) is 5.78 Å². The van der Waals surface area contributed by atoms with E-state index >= 15 is 0 Å². The van der Waals surface area contributed by atoms with E-state index in [1.165, 1.54) is 11.8 Å². The van der Waals surface area contributed by atoms with Gasteiger partial charge in [-0.2, -0.15) is 4.98 Å². The Labute approximate surface area is 143 Å². The number of carbonyl (C=O) groups excluding carboxylic acids is 1. The van der Waals surface area contributed by atoms with Gasteiger partial charge in [-0.05, 0) is 19.1 Å². The van der Waals surface area contributed by atoms with Crippen LogP contribution >= 0.6 is 11.8 Å². The van der Waals surface area contributed by atoms with E-state index in [9.17, 15) is 4.79 Å². The molecule has 2 aromatic heterocycles. The van der Waals surface area contributed by atoms with Gasteiger partial charge in [0.05, 0.1) is 12.4 Å². The number of hydrogen-bond acceptors (Lipinski definition) is 6. The van der Waals surface area contributed by atoms with Crippen LogP contribution in [0.3, 0.4) is 0 Å². The summed E-state index contributed by atoms with van der Waals surface area (Å²) in [5.41, 5.74) is 0.931. The van der Waals surface area contributed by atoms with Crippen LogP contribution in [-0.2, 0) is 11.3 Å². The molecule has 8 heteroatoms. The number of rotatable bonds is 6. The Kier molecular flexibility index (Phi) is 4.95. The number of nitrogens with one attached hydrogen (secondary N) is 1. The largest absolute Gasteiger partial charge is 0.496 e. The molecule has 1 aromatic carbocycles. The van der Waals surface area contributed by atoms with Crippen molar-refractivity contribution >= 4 is 23.4 Å². The van der Waals surface area contributed by atoms with Crippen molar-refractivity contribution in [3.63, 3.8) is 0 Å². The Morgan fingerprint density at radius 1 is 1.38 bits per heavy atom. The Balaban J connectivity index is 1.60. The van der Waals surface area contributed by atoms with E-state index in [0.717, 1.165) is 11.3 Å². The first kappa shape index (κ1) is 16.3. The van der Waals surface area contributed by atoms with Crippen molar-refractivity contribution in [3.8, 4) is 5.75 Å². The van der Waals surface area contributed by atoms with Crippen molar-refractivity contribution in [2.24, 2.45) is 0 Å². The lowest BCUT2D eigenvalue weighted by Gasteiger charge is -2.12. The summed E-state index contributed by atoms with van der Waals surface area (Å²) in [4.78, 5) is 20.7. The summed E-state index contributed by atoms with van der Waals surface area (Å²) in [6.07, 6.45) is 3.42. The third-order valence-corrected chi connectivity index (χ3v) is 4.35. The van der Waals surface area contributed by atoms with Gasteiger partial charge in [0, 0.05) is 24.5 Å². The van der Waals surface area contributed by atoms with E-state index in [1.54, 1.807) is 30.1 Å². The van der Waals surface area contributed by atoms with E-state index in [0.29, 0.717) is 17.5 Å². The summed E-state index contributed by atoms with van der Waals surface area (Å²) in [7, 11) is 1.61. The van der Waals surface area contributed by atoms with Gasteiger partial charge >= 0.3 is 0 Å². The molecule has 3 rings (SSSR count). The smallest absolute Gasteiger partial charge is 0.253 e. The molecule has 0 radical (unpaired) electrons. The van der Waals surface area contributed by atoms with Crippen LogP contribution in [0.4, 0.5) is 0 Å². The monoisotopic (exact) mass is 343 g/mol. The third-order valence-electron chi connectivity index (χ3n) is 3.39. The van der Waals surface area contributed by atoms with Crippen molar-refractivity contribution in [3.05, 3.63) is 48.3 Å². The number of aromatic nitrogens is 4. The molecule has 0 bridgehead atoms. The highest BCUT2D eigenvalue weighted by Gasteiger charge is 2.17. The molecule has 0 saturated carbocycles. The predicted octanol–water partition coefficient (Wildman–Crippen LogP) is 1.93. The molecular formula is C16H17N5O2S. The molecule has 0 aliphatic heterocycles. The maximum atomic E-state index is 12.3. The molecule has 1 atom stereocenters. The van der Waals surface area contributed by atoms with Crippen LogP contribution in [0.15, 0.2) is 47.9 Å². The molecule has 1 unspecified atom stereocenters. The summed E-state index contributed by atoms with van der Waals surface area (Å²) in [5, 5.41) is 7.40. The zero-order chi connectivity index (χ0) is 16.9. The average Bonchev–Trinajstić information content (AvgIpc) is 3.02. The van der Waals surface area contributed by atoms with Crippen LogP contribution in [0.25, 0.3) is 5.78 Å². The highest BCUT2D eigenvalue weighted by atomic mass is 32.2. The molecule has 1 N–H and O–H groups in total. The fourth-order valence-corrected chi connectivity index (χ4v) is 2.93. The minimum absolute atomic E-state index is 0.0854. The number of fused-ring (bicyclic) bond motifs is 1. The molecular weight excluding hydrogens is 326 g/mol. The Morgan fingerprint density at radius 3 is 3.00 bits per heavy atom. The first-order chi connectivity index (χ1) is 11.7. The maximum Gasteiger partial charge on any atom is 0.253 e. The summed E-state index contributed by atoms with van der Waals surface area (Å²) in [6.45, 7) is 2.23. The standard InChI is InChI=1S/C16H17N5O2S/c1-11(24-16-19-15-17-8-5-9-21(15)20-16)14(22)18-10-12-6-3-4-7-13(12)23-2/h3-9,11H,10H2,1-2H3,(H,18,22). The summed E-state index contributed by atoms with van der Waals surface area (Å²) in [6, 6.07) is 9.38. The number of carbonyl (C=O) groups is 1. The van der Waals surface area contributed by atoms with Crippen molar-refractivity contribution in [2.75, 3.05) is 7.11 Å². The lowest BCUT2D eigenvalue weighted by molar-refractivity contribution is -0.120. The second kappa shape index (κ2) is 7.31. The molecule has 0 aliphatic carbocycles. The van der Waals surface area contributed by atoms with Gasteiger partial charge in [-0.1, -0.05) is 30.0 Å². The third kappa shape index (κ3) is 3.65. The van der Waals surface area contributed by atoms with Gasteiger partial charge in [-0.3, -0.25) is 4.79 Å². The van der Waals surface area contributed by atoms with E-state index in [-0.39, 0.29) is 11.2 Å². The lowest BCUT2D eigenvalue weighted by Crippen LogP contribution is -2.30. The van der Waals surface area contributed by atoms with Crippen LogP contribution in [0.5, 0.6) is 5.75 Å². The van der Waals surface area contributed by atoms with E-state index in [1.807, 2.05) is 31.2 Å². The second-order valence-electron chi connectivity index (χ2n) is 5.05. The zero-order valence-corrected chi connectivity index (χ0v) is 14.2. The van der Waals surface area contributed by atoms with Gasteiger partial charge in [-0.15, -0.1) is 5.10 Å². The van der Waals surface area contributed by atoms with Gasteiger partial charge in [0.2, 0.25) is 11.1 Å². The van der Waals surface area contributed by atoms with Gasteiger partial charge in [0.15, 0.2) is 0 Å². The van der Waals surface area contributed by atoms with E-state index in [4.69, 9.17) is 4.74 Å². The Hall–Kier alpha value is -2.61. The number of ether oxygens (including phenoxy) is 1. The number of para-hydroxylation sites is 1. The molecule has 124 valence electrons. The molecule has 0 saturated heterocycles. The lowest BCUT2D eigenvalue weighted by atomic mass is 10.2. The van der Waals surface area contributed by atoms with Crippen LogP contribution in [0, 0.1) is 0 Å². The Morgan fingerprint density at radius 2 is 2.21 bits per heavy atom. The average molecular weight is 343 g/mol. The molecule has 24 heavy (non-hydrogen) atoms. The normalized spacial score (nSPS) is 12.1. The van der Waals surface area contributed by atoms with Crippen molar-refractivity contribution in [2.45, 2.75) is 23.9 Å². The highest BCUT2D eigenvalue weighted by molar-refractivity contribution is 8.00. The van der Waals surface area contributed by atoms with Crippen molar-refractivity contribution in [1.29, 1.82) is 0 Å². The molecule has 0 fully saturated rings. The Bertz CT molecular complexity index is 818. The minimum Gasteiger partial charge on any atom is -0.496 e. The summed E-state index contributed by atoms with van der Waals surface area (Å²) >= 11 is 1.30. The number of nitrogens with zero attached hydrogens (tertiary/aromatic N) is 4. The van der Waals surface area contributed by atoms with E-state index < -0.39 is 0 Å². The number of methoxy groups -OCH3 is 1. The van der Waals surface area contributed by atoms with Gasteiger partial charge in [-0.25, -0.2) is 9.50 Å². The van der Waals surface area contributed by atoms with Crippen molar-refractivity contribution in [1.82, 2.24) is 24.9 Å². The number of benzene rings is 1.